The first-order chi connectivity index (χ1) is 12.8. The molecule has 0 aliphatic rings. The van der Waals surface area contributed by atoms with Gasteiger partial charge in [0.05, 0.1) is 18.1 Å². The number of hydrogen-bond donors (Lipinski definition) is 0. The Balaban J connectivity index is 1.72. The standard InChI is InChI=1S/C21H14N4O/c1-2-8-15-9-6-7-12-17(15)18-13-22-14-19(23-18)21-25-24-20(26-21)16-10-4-3-5-11-16/h1,3-7,9-14H,8H2. The summed E-state index contributed by atoms with van der Waals surface area (Å²) in [5.41, 5.74) is 4.06. The van der Waals surface area contributed by atoms with Crippen molar-refractivity contribution in [2.75, 3.05) is 0 Å². The topological polar surface area (TPSA) is 64.7 Å². The molecule has 5 heteroatoms. The van der Waals surface area contributed by atoms with E-state index in [9.17, 15) is 0 Å². The van der Waals surface area contributed by atoms with Gasteiger partial charge in [-0.3, -0.25) is 4.98 Å². The number of rotatable bonds is 4. The first-order valence-electron chi connectivity index (χ1n) is 8.08. The number of nitrogens with zero attached hydrogens (tertiary/aromatic N) is 4. The zero-order valence-corrected chi connectivity index (χ0v) is 13.8. The molecule has 0 amide bonds. The van der Waals surface area contributed by atoms with Crippen LogP contribution in [0, 0.1) is 12.3 Å². The highest BCUT2D eigenvalue weighted by molar-refractivity contribution is 5.65. The van der Waals surface area contributed by atoms with Gasteiger partial charge in [0.1, 0.15) is 5.69 Å². The van der Waals surface area contributed by atoms with Gasteiger partial charge < -0.3 is 4.42 Å². The molecule has 2 aromatic carbocycles. The smallest absolute Gasteiger partial charge is 0.268 e. The van der Waals surface area contributed by atoms with E-state index in [0.29, 0.717) is 29.6 Å². The summed E-state index contributed by atoms with van der Waals surface area (Å²) in [6.45, 7) is 0. The zero-order valence-electron chi connectivity index (χ0n) is 13.8. The van der Waals surface area contributed by atoms with Gasteiger partial charge in [0, 0.05) is 17.5 Å². The van der Waals surface area contributed by atoms with Gasteiger partial charge in [-0.1, -0.05) is 42.5 Å². The van der Waals surface area contributed by atoms with Gasteiger partial charge in [-0.15, -0.1) is 22.5 Å². The molecular formula is C21H14N4O. The van der Waals surface area contributed by atoms with E-state index in [-0.39, 0.29) is 0 Å². The minimum absolute atomic E-state index is 0.327. The maximum absolute atomic E-state index is 5.77. The van der Waals surface area contributed by atoms with Crippen molar-refractivity contribution in [1.29, 1.82) is 0 Å². The van der Waals surface area contributed by atoms with Crippen LogP contribution in [-0.2, 0) is 6.42 Å². The Morgan fingerprint density at radius 2 is 1.58 bits per heavy atom. The normalized spacial score (nSPS) is 10.4. The van der Waals surface area contributed by atoms with E-state index in [1.807, 2.05) is 54.6 Å². The number of terminal acetylenes is 1. The molecule has 0 N–H and O–H groups in total. The number of aromatic nitrogens is 4. The lowest BCUT2D eigenvalue weighted by atomic mass is 10.0. The van der Waals surface area contributed by atoms with Gasteiger partial charge in [-0.05, 0) is 17.7 Å². The van der Waals surface area contributed by atoms with Gasteiger partial charge in [-0.2, -0.15) is 0 Å². The average Bonchev–Trinajstić information content (AvgIpc) is 3.20. The Kier molecular flexibility index (Phi) is 4.23. The maximum Gasteiger partial charge on any atom is 0.268 e. The molecule has 0 atom stereocenters. The molecule has 2 heterocycles. The third-order valence-corrected chi connectivity index (χ3v) is 3.89. The summed E-state index contributed by atoms with van der Waals surface area (Å²) in [5, 5.41) is 8.21. The van der Waals surface area contributed by atoms with Crippen LogP contribution in [0.1, 0.15) is 5.56 Å². The highest BCUT2D eigenvalue weighted by Gasteiger charge is 2.14. The molecule has 0 saturated heterocycles. The largest absolute Gasteiger partial charge is 0.415 e. The molecule has 0 aliphatic carbocycles. The lowest BCUT2D eigenvalue weighted by Gasteiger charge is -2.06. The molecule has 0 fully saturated rings. The molecule has 0 spiro atoms. The van der Waals surface area contributed by atoms with Crippen LogP contribution in [0.5, 0.6) is 0 Å². The summed E-state index contributed by atoms with van der Waals surface area (Å²) in [7, 11) is 0. The Bertz CT molecular complexity index is 1080. The van der Waals surface area contributed by atoms with Gasteiger partial charge >= 0.3 is 0 Å². The quantitative estimate of drug-likeness (QED) is 0.526. The van der Waals surface area contributed by atoms with E-state index >= 15 is 0 Å². The summed E-state index contributed by atoms with van der Waals surface area (Å²) >= 11 is 0. The van der Waals surface area contributed by atoms with Crippen LogP contribution in [-0.4, -0.2) is 20.2 Å². The van der Waals surface area contributed by atoms with Crippen LogP contribution in [0.2, 0.25) is 0 Å². The van der Waals surface area contributed by atoms with E-state index in [0.717, 1.165) is 16.7 Å². The lowest BCUT2D eigenvalue weighted by Crippen LogP contribution is -1.94. The summed E-state index contributed by atoms with van der Waals surface area (Å²) in [5.74, 6) is 3.44. The monoisotopic (exact) mass is 338 g/mol. The fourth-order valence-electron chi connectivity index (χ4n) is 2.66. The van der Waals surface area contributed by atoms with Crippen molar-refractivity contribution in [3.63, 3.8) is 0 Å². The van der Waals surface area contributed by atoms with Crippen molar-refractivity contribution < 1.29 is 4.42 Å². The van der Waals surface area contributed by atoms with Crippen molar-refractivity contribution in [2.24, 2.45) is 0 Å². The van der Waals surface area contributed by atoms with E-state index in [2.05, 4.69) is 26.1 Å². The second-order valence-corrected chi connectivity index (χ2v) is 5.61. The maximum atomic E-state index is 5.77. The highest BCUT2D eigenvalue weighted by atomic mass is 16.4. The average molecular weight is 338 g/mol. The zero-order chi connectivity index (χ0) is 17.8. The Morgan fingerprint density at radius 1 is 0.846 bits per heavy atom. The van der Waals surface area contributed by atoms with E-state index < -0.39 is 0 Å². The molecule has 0 aliphatic heterocycles. The molecule has 0 saturated carbocycles. The van der Waals surface area contributed by atoms with E-state index in [4.69, 9.17) is 10.8 Å². The second-order valence-electron chi connectivity index (χ2n) is 5.61. The molecule has 4 aromatic rings. The molecule has 124 valence electrons. The van der Waals surface area contributed by atoms with Crippen molar-refractivity contribution in [3.8, 4) is 46.6 Å². The van der Waals surface area contributed by atoms with Gasteiger partial charge in [-0.25, -0.2) is 4.98 Å². The third-order valence-electron chi connectivity index (χ3n) is 3.89. The van der Waals surface area contributed by atoms with Crippen molar-refractivity contribution >= 4 is 0 Å². The molecular weight excluding hydrogens is 324 g/mol. The lowest BCUT2D eigenvalue weighted by molar-refractivity contribution is 0.582. The minimum Gasteiger partial charge on any atom is -0.415 e. The van der Waals surface area contributed by atoms with Crippen LogP contribution in [0.25, 0.3) is 34.3 Å². The van der Waals surface area contributed by atoms with Gasteiger partial charge in [0.2, 0.25) is 5.89 Å². The van der Waals surface area contributed by atoms with E-state index in [1.54, 1.807) is 12.4 Å². The van der Waals surface area contributed by atoms with Crippen molar-refractivity contribution in [2.45, 2.75) is 6.42 Å². The SMILES string of the molecule is C#CCc1ccccc1-c1cncc(-c2nnc(-c3ccccc3)o2)n1. The molecule has 26 heavy (non-hydrogen) atoms. The van der Waals surface area contributed by atoms with Crippen LogP contribution in [0.3, 0.4) is 0 Å². The minimum atomic E-state index is 0.327. The predicted molar refractivity (Wildman–Crippen MR) is 98.7 cm³/mol. The first-order valence-corrected chi connectivity index (χ1v) is 8.08. The summed E-state index contributed by atoms with van der Waals surface area (Å²) < 4.78 is 5.77. The molecule has 0 bridgehead atoms. The molecule has 4 rings (SSSR count). The van der Waals surface area contributed by atoms with Crippen LogP contribution in [0.4, 0.5) is 0 Å². The third kappa shape index (κ3) is 3.08. The molecule has 5 nitrogen and oxygen atoms in total. The van der Waals surface area contributed by atoms with Crippen molar-refractivity contribution in [1.82, 2.24) is 20.2 Å². The summed E-state index contributed by atoms with van der Waals surface area (Å²) in [6, 6.07) is 17.5. The van der Waals surface area contributed by atoms with Crippen LogP contribution >= 0.6 is 0 Å². The Hall–Kier alpha value is -3.78. The summed E-state index contributed by atoms with van der Waals surface area (Å²) in [4.78, 5) is 8.91. The van der Waals surface area contributed by atoms with E-state index in [1.165, 1.54) is 0 Å². The molecule has 2 aromatic heterocycles. The van der Waals surface area contributed by atoms with Crippen LogP contribution < -0.4 is 0 Å². The molecule has 0 radical (unpaired) electrons. The van der Waals surface area contributed by atoms with Crippen LogP contribution in [0.15, 0.2) is 71.4 Å². The first kappa shape index (κ1) is 15.7. The molecule has 0 unspecified atom stereocenters. The van der Waals surface area contributed by atoms with Crippen molar-refractivity contribution in [3.05, 3.63) is 72.6 Å². The second kappa shape index (κ2) is 6.99. The fourth-order valence-corrected chi connectivity index (χ4v) is 2.66. The number of hydrogen-bond acceptors (Lipinski definition) is 5. The predicted octanol–water partition coefficient (Wildman–Crippen LogP) is 4.04. The van der Waals surface area contributed by atoms with Gasteiger partial charge in [0.25, 0.3) is 5.89 Å². The fraction of sp³-hybridized carbons (Fsp3) is 0.0476. The Labute approximate surface area is 150 Å². The Morgan fingerprint density at radius 3 is 2.42 bits per heavy atom. The highest BCUT2D eigenvalue weighted by Crippen LogP contribution is 2.26. The van der Waals surface area contributed by atoms with Gasteiger partial charge in [0.15, 0.2) is 0 Å². The summed E-state index contributed by atoms with van der Waals surface area (Å²) in [6.07, 6.45) is 9.30. The number of benzene rings is 2.